The Morgan fingerprint density at radius 3 is 2.34 bits per heavy atom. The van der Waals surface area contributed by atoms with E-state index in [1.807, 2.05) is 0 Å². The number of nitrogens with zero attached hydrogens (tertiary/aromatic N) is 2. The summed E-state index contributed by atoms with van der Waals surface area (Å²) in [6, 6.07) is 16.1. The SMILES string of the molecule is Cc1ccccc1C(=O)O[C@@H]1S[C@@H](n2ccc(NC(=O)C(C)C)nc2=O)[C@@H](F)[C@@H]1OC(=O)c1ccccc1. The van der Waals surface area contributed by atoms with Crippen molar-refractivity contribution in [3.63, 3.8) is 0 Å². The number of thioether (sulfide) groups is 1. The molecule has 3 aromatic rings. The number of carbonyl (C=O) groups is 3. The zero-order valence-electron chi connectivity index (χ0n) is 20.9. The molecule has 1 fully saturated rings. The molecule has 0 radical (unpaired) electrons. The second kappa shape index (κ2) is 11.6. The minimum absolute atomic E-state index is 0.0259. The Labute approximate surface area is 222 Å². The second-order valence-electron chi connectivity index (χ2n) is 8.94. The average molecular weight is 540 g/mol. The van der Waals surface area contributed by atoms with Gasteiger partial charge in [-0.05, 0) is 36.8 Å². The molecule has 4 atom stereocenters. The topological polar surface area (TPSA) is 117 Å². The number of benzene rings is 2. The van der Waals surface area contributed by atoms with E-state index in [2.05, 4.69) is 10.3 Å². The van der Waals surface area contributed by atoms with E-state index < -0.39 is 40.7 Å². The van der Waals surface area contributed by atoms with E-state index >= 15 is 4.39 Å². The highest BCUT2D eigenvalue weighted by molar-refractivity contribution is 8.00. The summed E-state index contributed by atoms with van der Waals surface area (Å²) >= 11 is 0.825. The Bertz CT molecular complexity index is 1400. The summed E-state index contributed by atoms with van der Waals surface area (Å²) < 4.78 is 28.0. The standard InChI is InChI=1S/C27H26FN3O6S/c1-15(2)22(32)29-19-13-14-31(27(35)30-19)23-20(28)21(36-24(33)17-10-5-4-6-11-17)26(38-23)37-25(34)18-12-8-7-9-16(18)3/h4-15,20-21,23,26H,1-3H3,(H,29,30,32,35)/t20-,21-,23+,26+/m0/s1. The second-order valence-corrected chi connectivity index (χ2v) is 10.2. The molecule has 2 heterocycles. The fraction of sp³-hybridized carbons (Fsp3) is 0.296. The van der Waals surface area contributed by atoms with Gasteiger partial charge in [-0.1, -0.05) is 62.0 Å². The lowest BCUT2D eigenvalue weighted by Gasteiger charge is -2.21. The van der Waals surface area contributed by atoms with Crippen LogP contribution in [0.15, 0.2) is 71.7 Å². The molecule has 0 bridgehead atoms. The van der Waals surface area contributed by atoms with Crippen molar-refractivity contribution in [1.29, 1.82) is 0 Å². The van der Waals surface area contributed by atoms with Gasteiger partial charge in [0.05, 0.1) is 11.1 Å². The van der Waals surface area contributed by atoms with Crippen molar-refractivity contribution in [3.8, 4) is 0 Å². The number of hydrogen-bond donors (Lipinski definition) is 1. The molecule has 9 nitrogen and oxygen atoms in total. The Morgan fingerprint density at radius 2 is 1.68 bits per heavy atom. The summed E-state index contributed by atoms with van der Waals surface area (Å²) in [5.41, 5.74) is -0.941. The van der Waals surface area contributed by atoms with Gasteiger partial charge in [-0.15, -0.1) is 0 Å². The molecule has 0 unspecified atom stereocenters. The molecule has 0 spiro atoms. The fourth-order valence-electron chi connectivity index (χ4n) is 3.72. The number of amides is 1. The highest BCUT2D eigenvalue weighted by Gasteiger charge is 2.51. The predicted molar refractivity (Wildman–Crippen MR) is 140 cm³/mol. The molecule has 1 amide bonds. The Kier molecular flexibility index (Phi) is 8.26. The van der Waals surface area contributed by atoms with Crippen LogP contribution in [-0.2, 0) is 14.3 Å². The third kappa shape index (κ3) is 5.94. The van der Waals surface area contributed by atoms with Crippen LogP contribution in [0.5, 0.6) is 0 Å². The van der Waals surface area contributed by atoms with Crippen molar-refractivity contribution in [3.05, 3.63) is 94.0 Å². The summed E-state index contributed by atoms with van der Waals surface area (Å²) in [7, 11) is 0. The minimum Gasteiger partial charge on any atom is -0.451 e. The number of ether oxygens (including phenoxy) is 2. The molecule has 1 saturated heterocycles. The van der Waals surface area contributed by atoms with Crippen molar-refractivity contribution in [1.82, 2.24) is 9.55 Å². The third-order valence-electron chi connectivity index (χ3n) is 5.85. The lowest BCUT2D eigenvalue weighted by Crippen LogP contribution is -2.37. The van der Waals surface area contributed by atoms with E-state index in [0.29, 0.717) is 5.56 Å². The van der Waals surface area contributed by atoms with Gasteiger partial charge < -0.3 is 14.8 Å². The monoisotopic (exact) mass is 539 g/mol. The first-order chi connectivity index (χ1) is 18.2. The molecule has 1 aromatic heterocycles. The normalized spacial score (nSPS) is 20.7. The molecule has 38 heavy (non-hydrogen) atoms. The van der Waals surface area contributed by atoms with Crippen LogP contribution < -0.4 is 11.0 Å². The van der Waals surface area contributed by atoms with E-state index in [1.165, 1.54) is 24.4 Å². The molecule has 4 rings (SSSR count). The maximum Gasteiger partial charge on any atom is 0.350 e. The van der Waals surface area contributed by atoms with E-state index in [1.54, 1.807) is 63.2 Å². The van der Waals surface area contributed by atoms with Gasteiger partial charge in [0.25, 0.3) is 0 Å². The number of rotatable bonds is 7. The molecular formula is C27H26FN3O6S. The van der Waals surface area contributed by atoms with Gasteiger partial charge in [0.15, 0.2) is 17.7 Å². The summed E-state index contributed by atoms with van der Waals surface area (Å²) in [6.45, 7) is 5.11. The molecule has 1 aliphatic heterocycles. The van der Waals surface area contributed by atoms with Gasteiger partial charge >= 0.3 is 17.6 Å². The zero-order valence-corrected chi connectivity index (χ0v) is 21.7. The molecule has 0 aliphatic carbocycles. The number of hydrogen-bond acceptors (Lipinski definition) is 8. The maximum absolute atomic E-state index is 15.8. The van der Waals surface area contributed by atoms with Crippen molar-refractivity contribution in [2.24, 2.45) is 5.92 Å². The zero-order chi connectivity index (χ0) is 27.4. The fourth-order valence-corrected chi connectivity index (χ4v) is 5.09. The van der Waals surface area contributed by atoms with E-state index in [-0.39, 0.29) is 28.8 Å². The number of esters is 2. The van der Waals surface area contributed by atoms with Crippen LogP contribution in [0.2, 0.25) is 0 Å². The lowest BCUT2D eigenvalue weighted by molar-refractivity contribution is -0.118. The summed E-state index contributed by atoms with van der Waals surface area (Å²) in [6.07, 6.45) is -2.13. The predicted octanol–water partition coefficient (Wildman–Crippen LogP) is 4.14. The van der Waals surface area contributed by atoms with Crippen molar-refractivity contribution in [2.45, 2.75) is 43.9 Å². The molecule has 11 heteroatoms. The van der Waals surface area contributed by atoms with Crippen molar-refractivity contribution in [2.75, 3.05) is 5.32 Å². The average Bonchev–Trinajstić information content (AvgIpc) is 3.19. The number of carbonyl (C=O) groups excluding carboxylic acids is 3. The lowest BCUT2D eigenvalue weighted by atomic mass is 10.1. The van der Waals surface area contributed by atoms with Crippen LogP contribution in [0.25, 0.3) is 0 Å². The quantitative estimate of drug-likeness (QED) is 0.446. The van der Waals surface area contributed by atoms with Gasteiger partial charge in [-0.25, -0.2) is 18.8 Å². The van der Waals surface area contributed by atoms with Gasteiger partial charge in [0.2, 0.25) is 5.91 Å². The number of halogens is 1. The van der Waals surface area contributed by atoms with Crippen LogP contribution in [0.1, 0.15) is 45.5 Å². The first-order valence-corrected chi connectivity index (χ1v) is 12.8. The Morgan fingerprint density at radius 1 is 1.00 bits per heavy atom. The first kappa shape index (κ1) is 27.1. The van der Waals surface area contributed by atoms with Crippen LogP contribution in [0.3, 0.4) is 0 Å². The van der Waals surface area contributed by atoms with Crippen LogP contribution in [0, 0.1) is 12.8 Å². The highest BCUT2D eigenvalue weighted by atomic mass is 32.2. The summed E-state index contributed by atoms with van der Waals surface area (Å²) in [4.78, 5) is 54.2. The molecular weight excluding hydrogens is 513 g/mol. The van der Waals surface area contributed by atoms with Crippen LogP contribution in [0.4, 0.5) is 10.2 Å². The van der Waals surface area contributed by atoms with Gasteiger partial charge in [0, 0.05) is 12.1 Å². The van der Waals surface area contributed by atoms with Crippen LogP contribution in [-0.4, -0.2) is 45.1 Å². The van der Waals surface area contributed by atoms with Gasteiger partial charge in [-0.3, -0.25) is 9.36 Å². The Balaban J connectivity index is 1.61. The van der Waals surface area contributed by atoms with Crippen molar-refractivity contribution >= 4 is 35.4 Å². The van der Waals surface area contributed by atoms with E-state index in [9.17, 15) is 19.2 Å². The molecule has 1 aliphatic rings. The summed E-state index contributed by atoms with van der Waals surface area (Å²) in [5.74, 6) is -2.15. The smallest absolute Gasteiger partial charge is 0.350 e. The van der Waals surface area contributed by atoms with Gasteiger partial charge in [-0.2, -0.15) is 4.98 Å². The molecule has 1 N–H and O–H groups in total. The minimum atomic E-state index is -1.92. The first-order valence-electron chi connectivity index (χ1n) is 11.9. The number of alkyl halides is 1. The number of nitrogens with one attached hydrogen (secondary N) is 1. The number of anilines is 1. The van der Waals surface area contributed by atoms with Crippen molar-refractivity contribution < 1.29 is 28.2 Å². The van der Waals surface area contributed by atoms with E-state index in [4.69, 9.17) is 9.47 Å². The number of aromatic nitrogens is 2. The highest BCUT2D eigenvalue weighted by Crippen LogP contribution is 2.45. The molecule has 0 saturated carbocycles. The largest absolute Gasteiger partial charge is 0.451 e. The number of aryl methyl sites for hydroxylation is 1. The maximum atomic E-state index is 15.8. The van der Waals surface area contributed by atoms with E-state index in [0.717, 1.165) is 16.3 Å². The summed E-state index contributed by atoms with van der Waals surface area (Å²) in [5, 5.41) is 1.31. The molecule has 2 aromatic carbocycles. The van der Waals surface area contributed by atoms with Gasteiger partial charge in [0.1, 0.15) is 11.2 Å². The Hall–Kier alpha value is -3.99. The third-order valence-corrected chi connectivity index (χ3v) is 7.25. The van der Waals surface area contributed by atoms with Crippen LogP contribution >= 0.6 is 11.8 Å². The molecule has 198 valence electrons.